The fourth-order valence-electron chi connectivity index (χ4n) is 4.23. The summed E-state index contributed by atoms with van der Waals surface area (Å²) in [6.45, 7) is 1.74. The van der Waals surface area contributed by atoms with E-state index in [1.165, 1.54) is 6.07 Å². The molecule has 1 aromatic heterocycles. The number of aryl methyl sites for hydroxylation is 1. The van der Waals surface area contributed by atoms with Gasteiger partial charge in [-0.15, -0.1) is 12.4 Å². The van der Waals surface area contributed by atoms with Crippen molar-refractivity contribution in [1.82, 2.24) is 14.7 Å². The Morgan fingerprint density at radius 2 is 2.00 bits per heavy atom. The van der Waals surface area contributed by atoms with Crippen molar-refractivity contribution in [2.24, 2.45) is 5.92 Å². The van der Waals surface area contributed by atoms with Gasteiger partial charge in [0.05, 0.1) is 11.7 Å². The van der Waals surface area contributed by atoms with Crippen LogP contribution in [0, 0.1) is 11.7 Å². The second-order valence-electron chi connectivity index (χ2n) is 8.60. The molecular weight excluding hydrogens is 465 g/mol. The predicted octanol–water partition coefficient (Wildman–Crippen LogP) is 4.42. The van der Waals surface area contributed by atoms with Gasteiger partial charge in [-0.1, -0.05) is 18.2 Å². The van der Waals surface area contributed by atoms with Crippen molar-refractivity contribution in [3.8, 4) is 0 Å². The second kappa shape index (κ2) is 11.3. The number of aliphatic carboxylic acids is 1. The fourth-order valence-corrected chi connectivity index (χ4v) is 4.51. The lowest BCUT2D eigenvalue weighted by Crippen LogP contribution is -2.42. The molecule has 1 aromatic carbocycles. The van der Waals surface area contributed by atoms with E-state index in [0.717, 1.165) is 30.5 Å². The Bertz CT molecular complexity index is 1020. The molecule has 1 aliphatic carbocycles. The van der Waals surface area contributed by atoms with Gasteiger partial charge in [0.15, 0.2) is 5.78 Å². The van der Waals surface area contributed by atoms with Gasteiger partial charge in [-0.2, -0.15) is 17.7 Å². The number of ketones is 1. The Morgan fingerprint density at radius 1 is 1.24 bits per heavy atom. The fraction of sp³-hybridized carbons (Fsp3) is 0.458. The van der Waals surface area contributed by atoms with Crippen molar-refractivity contribution in [2.45, 2.75) is 49.9 Å². The van der Waals surface area contributed by atoms with Crippen molar-refractivity contribution >= 4 is 42.9 Å². The number of Topliss-reactive ketones (excluding diaryl/α,β-unsaturated/α-hetero) is 1. The lowest BCUT2D eigenvalue weighted by Gasteiger charge is -2.37. The first kappa shape index (κ1) is 25.5. The highest BCUT2D eigenvalue weighted by Gasteiger charge is 2.40. The van der Waals surface area contributed by atoms with Crippen molar-refractivity contribution in [1.29, 1.82) is 0 Å². The average Bonchev–Trinajstić information content (AvgIpc) is 3.52. The molecule has 0 bridgehead atoms. The number of carbonyl (C=O) groups excluding carboxylic acids is 1. The first-order valence-electron chi connectivity index (χ1n) is 11.1. The maximum absolute atomic E-state index is 14.7. The highest BCUT2D eigenvalue weighted by Crippen LogP contribution is 2.39. The molecule has 2 fully saturated rings. The van der Waals surface area contributed by atoms with Gasteiger partial charge in [-0.25, -0.2) is 4.39 Å². The summed E-state index contributed by atoms with van der Waals surface area (Å²) in [5, 5.41) is 13.4. The summed E-state index contributed by atoms with van der Waals surface area (Å²) >= 11 is 4.74. The molecule has 1 N–H and O–H groups in total. The number of halogens is 2. The molecule has 178 valence electrons. The number of carboxylic acid groups (broad SMARTS) is 1. The van der Waals surface area contributed by atoms with Gasteiger partial charge < -0.3 is 5.11 Å². The van der Waals surface area contributed by atoms with Gasteiger partial charge >= 0.3 is 5.97 Å². The Hall–Kier alpha value is -2.16. The molecule has 1 saturated heterocycles. The molecule has 0 radical (unpaired) electrons. The number of hydrogen-bond acceptors (Lipinski definition) is 5. The van der Waals surface area contributed by atoms with E-state index in [1.54, 1.807) is 22.9 Å². The van der Waals surface area contributed by atoms with Gasteiger partial charge in [-0.05, 0) is 49.5 Å². The molecule has 4 rings (SSSR count). The minimum absolute atomic E-state index is 0. The lowest BCUT2D eigenvalue weighted by molar-refractivity contribution is -0.137. The molecule has 2 aromatic rings. The van der Waals surface area contributed by atoms with Gasteiger partial charge in [0, 0.05) is 49.0 Å². The minimum Gasteiger partial charge on any atom is -0.481 e. The number of hydrogen-bond donors (Lipinski definition) is 2. The zero-order chi connectivity index (χ0) is 22.7. The maximum atomic E-state index is 14.7. The van der Waals surface area contributed by atoms with Crippen molar-refractivity contribution in [3.63, 3.8) is 0 Å². The molecule has 2 aliphatic rings. The summed E-state index contributed by atoms with van der Waals surface area (Å²) in [5.74, 6) is -1.02. The third-order valence-electron chi connectivity index (χ3n) is 6.09. The standard InChI is InChI=1S/C24H28FN3O3S.ClH/c25-20-5-2-1-4-19(20)23(24(31)16-7-8-16)27-12-10-21(32)17(15-27)14-18-9-13-28(26-18)11-3-6-22(29)30;/h1-2,4-5,9,13-14,16,21,23,32H,3,6-8,10-12,15H2,(H,29,30);1H/b17-14-;. The Kier molecular flexibility index (Phi) is 8.73. The predicted molar refractivity (Wildman–Crippen MR) is 130 cm³/mol. The molecule has 2 unspecified atom stereocenters. The highest BCUT2D eigenvalue weighted by molar-refractivity contribution is 7.81. The van der Waals surface area contributed by atoms with Crippen LogP contribution < -0.4 is 0 Å². The van der Waals surface area contributed by atoms with E-state index < -0.39 is 12.0 Å². The molecule has 9 heteroatoms. The summed E-state index contributed by atoms with van der Waals surface area (Å²) < 4.78 is 16.4. The topological polar surface area (TPSA) is 75.4 Å². The van der Waals surface area contributed by atoms with Gasteiger partial charge in [0.25, 0.3) is 0 Å². The quantitative estimate of drug-likeness (QED) is 0.506. The van der Waals surface area contributed by atoms with Crippen LogP contribution in [0.3, 0.4) is 0 Å². The minimum atomic E-state index is -0.815. The first-order chi connectivity index (χ1) is 15.4. The molecule has 0 amide bonds. The van der Waals surface area contributed by atoms with Crippen LogP contribution in [-0.2, 0) is 16.1 Å². The summed E-state index contributed by atoms with van der Waals surface area (Å²) in [6, 6.07) is 7.87. The van der Waals surface area contributed by atoms with Crippen LogP contribution in [0.4, 0.5) is 4.39 Å². The Balaban J connectivity index is 0.00000306. The number of rotatable bonds is 9. The number of carbonyl (C=O) groups is 2. The van der Waals surface area contributed by atoms with E-state index in [-0.39, 0.29) is 41.6 Å². The summed E-state index contributed by atoms with van der Waals surface area (Å²) in [7, 11) is 0. The van der Waals surface area contributed by atoms with Gasteiger partial charge in [0.2, 0.25) is 0 Å². The molecule has 6 nitrogen and oxygen atoms in total. The third-order valence-corrected chi connectivity index (χ3v) is 6.68. The smallest absolute Gasteiger partial charge is 0.303 e. The molecule has 1 aliphatic heterocycles. The number of thiol groups is 1. The maximum Gasteiger partial charge on any atom is 0.303 e. The zero-order valence-corrected chi connectivity index (χ0v) is 20.0. The summed E-state index contributed by atoms with van der Waals surface area (Å²) in [4.78, 5) is 25.9. The van der Waals surface area contributed by atoms with Crippen LogP contribution in [-0.4, -0.2) is 49.9 Å². The van der Waals surface area contributed by atoms with Crippen LogP contribution in [0.1, 0.15) is 49.4 Å². The van der Waals surface area contributed by atoms with Crippen molar-refractivity contribution in [3.05, 3.63) is 59.2 Å². The highest BCUT2D eigenvalue weighted by atomic mass is 35.5. The van der Waals surface area contributed by atoms with E-state index in [0.29, 0.717) is 31.6 Å². The summed E-state index contributed by atoms with van der Waals surface area (Å²) in [5.41, 5.74) is 2.26. The molecule has 1 saturated carbocycles. The van der Waals surface area contributed by atoms with Gasteiger partial charge in [-0.3, -0.25) is 19.2 Å². The molecule has 0 spiro atoms. The van der Waals surface area contributed by atoms with Crippen LogP contribution in [0.2, 0.25) is 0 Å². The van der Waals surface area contributed by atoms with Crippen LogP contribution in [0.25, 0.3) is 6.08 Å². The van der Waals surface area contributed by atoms with E-state index in [9.17, 15) is 14.0 Å². The second-order valence-corrected chi connectivity index (χ2v) is 9.22. The first-order valence-corrected chi connectivity index (χ1v) is 11.6. The monoisotopic (exact) mass is 493 g/mol. The number of carboxylic acids is 1. The zero-order valence-electron chi connectivity index (χ0n) is 18.3. The molecule has 2 atom stereocenters. The van der Waals surface area contributed by atoms with E-state index >= 15 is 0 Å². The number of aromatic nitrogens is 2. The van der Waals surface area contributed by atoms with E-state index in [2.05, 4.69) is 10.00 Å². The van der Waals surface area contributed by atoms with E-state index in [1.807, 2.05) is 18.3 Å². The van der Waals surface area contributed by atoms with E-state index in [4.69, 9.17) is 17.7 Å². The number of benzene rings is 1. The SMILES string of the molecule is Cl.O=C(O)CCCn1ccc(/C=C2/CN(C(C(=O)C3CC3)c3ccccc3F)CCC2S)n1. The normalized spacial score (nSPS) is 20.9. The van der Waals surface area contributed by atoms with Crippen molar-refractivity contribution < 1.29 is 19.1 Å². The largest absolute Gasteiger partial charge is 0.481 e. The van der Waals surface area contributed by atoms with Crippen LogP contribution >= 0.6 is 25.0 Å². The van der Waals surface area contributed by atoms with Crippen LogP contribution in [0.5, 0.6) is 0 Å². The van der Waals surface area contributed by atoms with Gasteiger partial charge in [0.1, 0.15) is 5.82 Å². The van der Waals surface area contributed by atoms with Crippen molar-refractivity contribution in [2.75, 3.05) is 13.1 Å². The Labute approximate surface area is 204 Å². The molecular formula is C24H29ClFN3O3S. The average molecular weight is 494 g/mol. The number of likely N-dealkylation sites (tertiary alicyclic amines) is 1. The number of nitrogens with zero attached hydrogens (tertiary/aromatic N) is 3. The number of piperidine rings is 1. The molecule has 33 heavy (non-hydrogen) atoms. The summed E-state index contributed by atoms with van der Waals surface area (Å²) in [6.07, 6.45) is 6.97. The third kappa shape index (κ3) is 6.46. The molecule has 2 heterocycles. The Morgan fingerprint density at radius 3 is 2.70 bits per heavy atom. The van der Waals surface area contributed by atoms with Crippen LogP contribution in [0.15, 0.2) is 42.1 Å². The lowest BCUT2D eigenvalue weighted by atomic mass is 9.93.